The highest BCUT2D eigenvalue weighted by atomic mass is 35.5. The number of amides is 1. The highest BCUT2D eigenvalue weighted by molar-refractivity contribution is 6.36. The first-order valence-corrected chi connectivity index (χ1v) is 11.9. The summed E-state index contributed by atoms with van der Waals surface area (Å²) in [6, 6.07) is 18.9. The van der Waals surface area contributed by atoms with Crippen LogP contribution < -0.4 is 9.64 Å². The van der Waals surface area contributed by atoms with Crippen molar-refractivity contribution in [1.82, 2.24) is 0 Å². The number of carbonyl (C=O) groups is 2. The summed E-state index contributed by atoms with van der Waals surface area (Å²) in [4.78, 5) is 27.2. The maximum Gasteiger partial charge on any atom is 0.338 e. The van der Waals surface area contributed by atoms with E-state index >= 15 is 0 Å². The molecule has 1 amide bonds. The lowest BCUT2D eigenvalue weighted by Gasteiger charge is -2.24. The first-order chi connectivity index (χ1) is 16.4. The fourth-order valence-corrected chi connectivity index (χ4v) is 3.81. The maximum absolute atomic E-state index is 13.6. The van der Waals surface area contributed by atoms with Crippen LogP contribution in [0.2, 0.25) is 10.0 Å². The second kappa shape index (κ2) is 12.4. The number of esters is 1. The van der Waals surface area contributed by atoms with Crippen molar-refractivity contribution in [1.29, 1.82) is 0 Å². The van der Waals surface area contributed by atoms with Crippen molar-refractivity contribution in [2.45, 2.75) is 33.2 Å². The molecular weight excluding hydrogens is 473 g/mol. The van der Waals surface area contributed by atoms with Crippen molar-refractivity contribution in [3.8, 4) is 5.75 Å². The van der Waals surface area contributed by atoms with E-state index in [2.05, 4.69) is 6.92 Å². The Hall–Kier alpha value is -3.02. The molecule has 3 aromatic carbocycles. The Morgan fingerprint density at radius 1 is 0.853 bits per heavy atom. The van der Waals surface area contributed by atoms with Crippen LogP contribution in [-0.2, 0) is 11.3 Å². The number of ether oxygens (including phenoxy) is 2. The molecule has 0 aliphatic carbocycles. The van der Waals surface area contributed by atoms with Gasteiger partial charge < -0.3 is 14.4 Å². The van der Waals surface area contributed by atoms with E-state index in [1.165, 1.54) is 0 Å². The van der Waals surface area contributed by atoms with Crippen molar-refractivity contribution >= 4 is 40.8 Å². The van der Waals surface area contributed by atoms with E-state index in [1.54, 1.807) is 78.6 Å². The largest absolute Gasteiger partial charge is 0.494 e. The average Bonchev–Trinajstić information content (AvgIpc) is 2.84. The van der Waals surface area contributed by atoms with Gasteiger partial charge in [0.1, 0.15) is 5.75 Å². The second-order valence-corrected chi connectivity index (χ2v) is 8.40. The Balaban J connectivity index is 1.91. The summed E-state index contributed by atoms with van der Waals surface area (Å²) in [5, 5.41) is 0.932. The minimum atomic E-state index is -0.417. The highest BCUT2D eigenvalue weighted by Gasteiger charge is 2.21. The SMILES string of the molecule is CCCCOc1ccc(C(=O)N(Cc2c(Cl)cccc2Cl)c2ccc(C(=O)OCC)cc2)cc1. The van der Waals surface area contributed by atoms with E-state index < -0.39 is 5.97 Å². The Morgan fingerprint density at radius 3 is 2.06 bits per heavy atom. The van der Waals surface area contributed by atoms with Gasteiger partial charge in [-0.15, -0.1) is 0 Å². The lowest BCUT2D eigenvalue weighted by molar-refractivity contribution is 0.0526. The minimum Gasteiger partial charge on any atom is -0.494 e. The van der Waals surface area contributed by atoms with Gasteiger partial charge in [-0.05, 0) is 74.0 Å². The summed E-state index contributed by atoms with van der Waals surface area (Å²) in [7, 11) is 0. The van der Waals surface area contributed by atoms with Crippen LogP contribution in [0.15, 0.2) is 66.7 Å². The third-order valence-corrected chi connectivity index (χ3v) is 5.89. The van der Waals surface area contributed by atoms with Crippen molar-refractivity contribution in [2.75, 3.05) is 18.1 Å². The molecule has 0 aliphatic rings. The van der Waals surface area contributed by atoms with Gasteiger partial charge in [0.15, 0.2) is 0 Å². The van der Waals surface area contributed by atoms with E-state index in [4.69, 9.17) is 32.7 Å². The fourth-order valence-electron chi connectivity index (χ4n) is 3.30. The Kier molecular flexibility index (Phi) is 9.37. The van der Waals surface area contributed by atoms with Gasteiger partial charge in [0.2, 0.25) is 0 Å². The van der Waals surface area contributed by atoms with Gasteiger partial charge in [0.25, 0.3) is 5.91 Å². The maximum atomic E-state index is 13.6. The average molecular weight is 500 g/mol. The van der Waals surface area contributed by atoms with E-state index in [9.17, 15) is 9.59 Å². The standard InChI is InChI=1S/C27H27Cl2NO4/c1-3-5-17-34-22-15-11-19(12-16-22)26(31)30(18-23-24(28)7-6-8-25(23)29)21-13-9-20(10-14-21)27(32)33-4-2/h6-16H,3-5,17-18H2,1-2H3. The number of halogens is 2. The van der Waals surface area contributed by atoms with Crippen molar-refractivity contribution in [3.05, 3.63) is 93.5 Å². The molecular formula is C27H27Cl2NO4. The lowest BCUT2D eigenvalue weighted by Crippen LogP contribution is -2.30. The minimum absolute atomic E-state index is 0.158. The highest BCUT2D eigenvalue weighted by Crippen LogP contribution is 2.29. The monoisotopic (exact) mass is 499 g/mol. The van der Waals surface area contributed by atoms with Crippen LogP contribution in [0.4, 0.5) is 5.69 Å². The summed E-state index contributed by atoms with van der Waals surface area (Å²) in [6.07, 6.45) is 2.01. The number of rotatable bonds is 10. The zero-order chi connectivity index (χ0) is 24.5. The van der Waals surface area contributed by atoms with Crippen LogP contribution in [0.3, 0.4) is 0 Å². The van der Waals surface area contributed by atoms with Crippen LogP contribution in [0.25, 0.3) is 0 Å². The van der Waals surface area contributed by atoms with Crippen molar-refractivity contribution < 1.29 is 19.1 Å². The summed E-state index contributed by atoms with van der Waals surface area (Å²) in [5.41, 5.74) is 2.12. The van der Waals surface area contributed by atoms with E-state index in [0.29, 0.717) is 44.8 Å². The smallest absolute Gasteiger partial charge is 0.338 e. The molecule has 0 heterocycles. The van der Waals surface area contributed by atoms with Crippen LogP contribution >= 0.6 is 23.2 Å². The Morgan fingerprint density at radius 2 is 1.47 bits per heavy atom. The second-order valence-electron chi connectivity index (χ2n) is 7.59. The third-order valence-electron chi connectivity index (χ3n) is 5.18. The van der Waals surface area contributed by atoms with E-state index in [1.807, 2.05) is 0 Å². The van der Waals surface area contributed by atoms with Gasteiger partial charge in [-0.2, -0.15) is 0 Å². The summed E-state index contributed by atoms with van der Waals surface area (Å²) >= 11 is 12.8. The molecule has 0 radical (unpaired) electrons. The number of hydrogen-bond acceptors (Lipinski definition) is 4. The quantitative estimate of drug-likeness (QED) is 0.218. The zero-order valence-electron chi connectivity index (χ0n) is 19.2. The number of nitrogens with zero attached hydrogens (tertiary/aromatic N) is 1. The number of benzene rings is 3. The van der Waals surface area contributed by atoms with Crippen LogP contribution in [0.5, 0.6) is 5.75 Å². The molecule has 5 nitrogen and oxygen atoms in total. The summed E-state index contributed by atoms with van der Waals surface area (Å²) in [6.45, 7) is 4.93. The summed E-state index contributed by atoms with van der Waals surface area (Å²) < 4.78 is 10.8. The molecule has 0 aromatic heterocycles. The topological polar surface area (TPSA) is 55.8 Å². The van der Waals surface area contributed by atoms with Gasteiger partial charge in [-0.3, -0.25) is 4.79 Å². The molecule has 0 saturated heterocycles. The van der Waals surface area contributed by atoms with Crippen molar-refractivity contribution in [2.24, 2.45) is 0 Å². The Bertz CT molecular complexity index is 1090. The molecule has 0 spiro atoms. The predicted octanol–water partition coefficient (Wildman–Crippen LogP) is 7.20. The molecule has 0 saturated carbocycles. The van der Waals surface area contributed by atoms with Gasteiger partial charge in [0, 0.05) is 26.9 Å². The van der Waals surface area contributed by atoms with E-state index in [0.717, 1.165) is 12.8 Å². The Labute approximate surface area is 210 Å². The number of hydrogen-bond donors (Lipinski definition) is 0. The van der Waals surface area contributed by atoms with Crippen molar-refractivity contribution in [3.63, 3.8) is 0 Å². The van der Waals surface area contributed by atoms with Crippen LogP contribution in [-0.4, -0.2) is 25.1 Å². The molecule has 0 bridgehead atoms. The molecule has 0 atom stereocenters. The summed E-state index contributed by atoms with van der Waals surface area (Å²) in [5.74, 6) is 0.0594. The zero-order valence-corrected chi connectivity index (χ0v) is 20.7. The molecule has 34 heavy (non-hydrogen) atoms. The molecule has 178 valence electrons. The predicted molar refractivity (Wildman–Crippen MR) is 136 cm³/mol. The molecule has 0 aliphatic heterocycles. The first-order valence-electron chi connectivity index (χ1n) is 11.2. The molecule has 0 N–H and O–H groups in total. The third kappa shape index (κ3) is 6.52. The molecule has 3 aromatic rings. The van der Waals surface area contributed by atoms with Gasteiger partial charge in [-0.25, -0.2) is 4.79 Å². The lowest BCUT2D eigenvalue weighted by atomic mass is 10.1. The number of carbonyl (C=O) groups excluding carboxylic acids is 2. The van der Waals surface area contributed by atoms with Gasteiger partial charge >= 0.3 is 5.97 Å². The molecule has 7 heteroatoms. The molecule has 0 fully saturated rings. The normalized spacial score (nSPS) is 10.6. The van der Waals surface area contributed by atoms with Crippen LogP contribution in [0.1, 0.15) is 53.0 Å². The van der Waals surface area contributed by atoms with Gasteiger partial charge in [-0.1, -0.05) is 42.6 Å². The number of anilines is 1. The number of unbranched alkanes of at least 4 members (excludes halogenated alkanes) is 1. The molecule has 0 unspecified atom stereocenters. The molecule has 3 rings (SSSR count). The fraction of sp³-hybridized carbons (Fsp3) is 0.259. The first kappa shape index (κ1) is 25.6. The van der Waals surface area contributed by atoms with Crippen LogP contribution in [0, 0.1) is 0 Å². The van der Waals surface area contributed by atoms with E-state index in [-0.39, 0.29) is 19.1 Å². The van der Waals surface area contributed by atoms with Gasteiger partial charge in [0.05, 0.1) is 25.3 Å².